The summed E-state index contributed by atoms with van der Waals surface area (Å²) in [5, 5.41) is 0.242. The van der Waals surface area contributed by atoms with Gasteiger partial charge in [0.2, 0.25) is 0 Å². The number of nitrogens with zero attached hydrogens (tertiary/aromatic N) is 3. The second-order valence-corrected chi connectivity index (χ2v) is 8.95. The molecule has 3 N–H and O–H groups in total. The number of hydrogen-bond donors (Lipinski definition) is 3. The second-order valence-electron chi connectivity index (χ2n) is 7.25. The Kier molecular flexibility index (Phi) is 4.85. The molecule has 0 amide bonds. The molecule has 0 unspecified atom stereocenters. The fourth-order valence-electron chi connectivity index (χ4n) is 3.89. The van der Waals surface area contributed by atoms with Crippen molar-refractivity contribution >= 4 is 35.3 Å². The number of aryl methyl sites for hydroxylation is 1. The Hall–Kier alpha value is -2.09. The number of rotatable bonds is 4. The van der Waals surface area contributed by atoms with Gasteiger partial charge in [0.15, 0.2) is 5.82 Å². The van der Waals surface area contributed by atoms with Gasteiger partial charge in [0, 0.05) is 25.6 Å². The van der Waals surface area contributed by atoms with E-state index in [9.17, 15) is 23.1 Å². The average Bonchev–Trinajstić information content (AvgIpc) is 2.98. The van der Waals surface area contributed by atoms with Gasteiger partial charge in [-0.3, -0.25) is 4.57 Å². The van der Waals surface area contributed by atoms with Gasteiger partial charge in [-0.15, -0.1) is 0 Å². The second kappa shape index (κ2) is 7.06. The maximum absolute atomic E-state index is 14.4. The Balaban J connectivity index is 1.75. The van der Waals surface area contributed by atoms with Gasteiger partial charge in [-0.25, -0.2) is 18.7 Å². The van der Waals surface area contributed by atoms with Gasteiger partial charge in [0.25, 0.3) is 0 Å². The van der Waals surface area contributed by atoms with Gasteiger partial charge >= 0.3 is 7.60 Å². The van der Waals surface area contributed by atoms with E-state index in [0.29, 0.717) is 60.5 Å². The SMILES string of the molecule is CCc1nc(N2CCC(CP(=O)(O)O)CC2)c2[nH]c3cc(F)cc(F)c3c2n1. The highest BCUT2D eigenvalue weighted by molar-refractivity contribution is 7.51. The van der Waals surface area contributed by atoms with E-state index in [1.165, 1.54) is 6.07 Å². The summed E-state index contributed by atoms with van der Waals surface area (Å²) in [6, 6.07) is 2.08. The zero-order valence-electron chi connectivity index (χ0n) is 15.3. The molecule has 150 valence electrons. The smallest absolute Gasteiger partial charge is 0.325 e. The Labute approximate surface area is 159 Å². The number of piperidine rings is 1. The topological polar surface area (TPSA) is 102 Å². The zero-order valence-corrected chi connectivity index (χ0v) is 16.2. The predicted octanol–water partition coefficient (Wildman–Crippen LogP) is 3.35. The molecule has 28 heavy (non-hydrogen) atoms. The number of H-pyrrole nitrogens is 1. The molecule has 0 aliphatic carbocycles. The van der Waals surface area contributed by atoms with Gasteiger partial charge < -0.3 is 19.7 Å². The Morgan fingerprint density at radius 3 is 2.61 bits per heavy atom. The predicted molar refractivity (Wildman–Crippen MR) is 103 cm³/mol. The number of halogens is 2. The van der Waals surface area contributed by atoms with Crippen LogP contribution in [0.2, 0.25) is 0 Å². The summed E-state index contributed by atoms with van der Waals surface area (Å²) < 4.78 is 39.3. The van der Waals surface area contributed by atoms with E-state index in [1.807, 2.05) is 11.8 Å². The van der Waals surface area contributed by atoms with Crippen LogP contribution in [0.15, 0.2) is 12.1 Å². The Morgan fingerprint density at radius 1 is 1.25 bits per heavy atom. The molecule has 3 heterocycles. The monoisotopic (exact) mass is 410 g/mol. The molecule has 0 atom stereocenters. The number of aromatic nitrogens is 3. The number of aromatic amines is 1. The van der Waals surface area contributed by atoms with Gasteiger partial charge in [0.05, 0.1) is 17.1 Å². The molecule has 3 aromatic rings. The minimum absolute atomic E-state index is 0.0469. The van der Waals surface area contributed by atoms with Crippen molar-refractivity contribution in [2.45, 2.75) is 26.2 Å². The molecule has 0 bridgehead atoms. The highest BCUT2D eigenvalue weighted by Gasteiger charge is 2.28. The van der Waals surface area contributed by atoms with Crippen LogP contribution in [0.1, 0.15) is 25.6 Å². The third-order valence-corrected chi connectivity index (χ3v) is 6.21. The molecule has 0 spiro atoms. The van der Waals surface area contributed by atoms with Gasteiger partial charge in [-0.05, 0) is 24.8 Å². The fraction of sp³-hybridized carbons (Fsp3) is 0.444. The third kappa shape index (κ3) is 3.62. The minimum Gasteiger partial charge on any atom is -0.355 e. The number of benzene rings is 1. The molecule has 10 heteroatoms. The largest absolute Gasteiger partial charge is 0.355 e. The molecule has 1 saturated heterocycles. The highest BCUT2D eigenvalue weighted by atomic mass is 31.2. The van der Waals surface area contributed by atoms with E-state index >= 15 is 0 Å². The van der Waals surface area contributed by atoms with Crippen molar-refractivity contribution < 1.29 is 23.1 Å². The van der Waals surface area contributed by atoms with Crippen LogP contribution in [0.4, 0.5) is 14.6 Å². The van der Waals surface area contributed by atoms with E-state index < -0.39 is 19.2 Å². The molecule has 1 fully saturated rings. The molecule has 0 radical (unpaired) electrons. The van der Waals surface area contributed by atoms with Crippen LogP contribution < -0.4 is 4.90 Å². The van der Waals surface area contributed by atoms with Crippen molar-refractivity contribution in [3.8, 4) is 0 Å². The lowest BCUT2D eigenvalue weighted by atomic mass is 9.99. The van der Waals surface area contributed by atoms with E-state index in [0.717, 1.165) is 6.07 Å². The number of anilines is 1. The van der Waals surface area contributed by atoms with Crippen LogP contribution in [0, 0.1) is 17.6 Å². The quantitative estimate of drug-likeness (QED) is 0.570. The van der Waals surface area contributed by atoms with Crippen LogP contribution in [0.25, 0.3) is 21.9 Å². The van der Waals surface area contributed by atoms with E-state index in [1.54, 1.807) is 0 Å². The lowest BCUT2D eigenvalue weighted by Crippen LogP contribution is -2.35. The molecular weight excluding hydrogens is 389 g/mol. The number of fused-ring (bicyclic) bond motifs is 3. The van der Waals surface area contributed by atoms with Gasteiger partial charge in [-0.2, -0.15) is 0 Å². The molecule has 2 aromatic heterocycles. The van der Waals surface area contributed by atoms with Crippen LogP contribution in [-0.4, -0.2) is 44.0 Å². The summed E-state index contributed by atoms with van der Waals surface area (Å²) >= 11 is 0. The van der Waals surface area contributed by atoms with Crippen LogP contribution in [0.5, 0.6) is 0 Å². The maximum atomic E-state index is 14.4. The van der Waals surface area contributed by atoms with Crippen molar-refractivity contribution in [1.82, 2.24) is 15.0 Å². The lowest BCUT2D eigenvalue weighted by Gasteiger charge is -2.33. The van der Waals surface area contributed by atoms with Crippen molar-refractivity contribution in [2.24, 2.45) is 5.92 Å². The first-order valence-corrected chi connectivity index (χ1v) is 11.0. The summed E-state index contributed by atoms with van der Waals surface area (Å²) in [5.41, 5.74) is 1.30. The Bertz CT molecular complexity index is 1090. The Morgan fingerprint density at radius 2 is 1.96 bits per heavy atom. The molecular formula is C18H21F2N4O3P. The first-order valence-electron chi connectivity index (χ1n) is 9.22. The van der Waals surface area contributed by atoms with Crippen molar-refractivity contribution in [3.63, 3.8) is 0 Å². The summed E-state index contributed by atoms with van der Waals surface area (Å²) in [5.74, 6) is -0.209. The number of hydrogen-bond acceptors (Lipinski definition) is 4. The first-order chi connectivity index (χ1) is 13.2. The summed E-state index contributed by atoms with van der Waals surface area (Å²) in [6.45, 7) is 3.06. The fourth-order valence-corrected chi connectivity index (χ4v) is 4.93. The minimum atomic E-state index is -4.04. The summed E-state index contributed by atoms with van der Waals surface area (Å²) in [6.07, 6.45) is 1.70. The van der Waals surface area contributed by atoms with Crippen molar-refractivity contribution in [2.75, 3.05) is 24.2 Å². The first kappa shape index (κ1) is 19.2. The van der Waals surface area contributed by atoms with Gasteiger partial charge in [-0.1, -0.05) is 6.92 Å². The maximum Gasteiger partial charge on any atom is 0.325 e. The molecule has 1 aliphatic heterocycles. The van der Waals surface area contributed by atoms with Crippen molar-refractivity contribution in [1.29, 1.82) is 0 Å². The molecule has 4 rings (SSSR count). The van der Waals surface area contributed by atoms with Crippen LogP contribution in [0.3, 0.4) is 0 Å². The van der Waals surface area contributed by atoms with Crippen molar-refractivity contribution in [3.05, 3.63) is 29.6 Å². The van der Waals surface area contributed by atoms with E-state index in [-0.39, 0.29) is 17.5 Å². The molecule has 1 aliphatic rings. The molecule has 0 saturated carbocycles. The molecule has 1 aromatic carbocycles. The third-order valence-electron chi connectivity index (χ3n) is 5.21. The zero-order chi connectivity index (χ0) is 20.1. The van der Waals surface area contributed by atoms with Crippen LogP contribution in [-0.2, 0) is 11.0 Å². The summed E-state index contributed by atoms with van der Waals surface area (Å²) in [7, 11) is -4.04. The van der Waals surface area contributed by atoms with E-state index in [4.69, 9.17) is 0 Å². The van der Waals surface area contributed by atoms with Crippen LogP contribution >= 0.6 is 7.60 Å². The normalized spacial score (nSPS) is 16.4. The van der Waals surface area contributed by atoms with E-state index in [2.05, 4.69) is 15.0 Å². The number of nitrogens with one attached hydrogen (secondary N) is 1. The standard InChI is InChI=1S/C18H21F2N4O3P/c1-2-14-22-16-15-12(20)7-11(19)8-13(15)21-17(16)18(23-14)24-5-3-10(4-6-24)9-28(25,26)27/h7-8,10,21H,2-6,9H2,1H3,(H2,25,26,27). The average molecular weight is 410 g/mol. The highest BCUT2D eigenvalue weighted by Crippen LogP contribution is 2.40. The summed E-state index contributed by atoms with van der Waals surface area (Å²) in [4.78, 5) is 32.5. The lowest BCUT2D eigenvalue weighted by molar-refractivity contribution is 0.346. The van der Waals surface area contributed by atoms with Gasteiger partial charge in [0.1, 0.15) is 28.5 Å². The molecule has 7 nitrogen and oxygen atoms in total.